The molecule has 0 fully saturated rings. The molecule has 0 radical (unpaired) electrons. The first-order valence-electron chi connectivity index (χ1n) is 5.63. The van der Waals surface area contributed by atoms with Gasteiger partial charge in [0.25, 0.3) is 0 Å². The Bertz CT molecular complexity index is 710. The number of aromatic nitrogens is 3. The van der Waals surface area contributed by atoms with Gasteiger partial charge in [-0.3, -0.25) is 0 Å². The van der Waals surface area contributed by atoms with Crippen LogP contribution in [0.1, 0.15) is 12.3 Å². The van der Waals surface area contributed by atoms with Crippen molar-refractivity contribution in [2.45, 2.75) is 16.9 Å². The molecule has 0 saturated carbocycles. The predicted octanol–water partition coefficient (Wildman–Crippen LogP) is 3.79. The van der Waals surface area contributed by atoms with Gasteiger partial charge in [-0.05, 0) is 0 Å². The molecule has 0 aliphatic heterocycles. The van der Waals surface area contributed by atoms with Gasteiger partial charge in [-0.2, -0.15) is 31.9 Å². The average molecular weight is 377 g/mol. The van der Waals surface area contributed by atoms with Gasteiger partial charge in [0.2, 0.25) is 5.82 Å². The van der Waals surface area contributed by atoms with Crippen LogP contribution in [0.5, 0.6) is 0 Å². The summed E-state index contributed by atoms with van der Waals surface area (Å²) in [6, 6.07) is 0. The molecule has 0 N–H and O–H groups in total. The van der Waals surface area contributed by atoms with Gasteiger partial charge in [0.05, 0.1) is 12.6 Å². The standard InChI is InChI=1S/C10H5F6N3O2S2/c11-4(6(12)13)1-2-23(20)9-17-3-5(22-9)7-18-8(21-19-7)10(14,15)16/h3H,1-2H2. The fourth-order valence-corrected chi connectivity index (χ4v) is 3.44. The second-order valence-corrected chi connectivity index (χ2v) is 6.65. The number of rotatable bonds is 5. The molecule has 5 nitrogen and oxygen atoms in total. The Hall–Kier alpha value is -1.60. The second kappa shape index (κ2) is 6.88. The third-order valence-electron chi connectivity index (χ3n) is 2.28. The van der Waals surface area contributed by atoms with Crippen LogP contribution in [0.25, 0.3) is 10.7 Å². The molecule has 2 rings (SSSR count). The van der Waals surface area contributed by atoms with Crippen LogP contribution in [-0.2, 0) is 17.4 Å². The van der Waals surface area contributed by atoms with E-state index in [1.165, 1.54) is 0 Å². The van der Waals surface area contributed by atoms with Crippen LogP contribution in [-0.4, -0.2) is 25.4 Å². The zero-order valence-electron chi connectivity index (χ0n) is 10.7. The molecule has 126 valence electrons. The fourth-order valence-electron chi connectivity index (χ4n) is 1.27. The van der Waals surface area contributed by atoms with E-state index in [1.54, 1.807) is 0 Å². The highest BCUT2D eigenvalue weighted by Gasteiger charge is 2.38. The fraction of sp³-hybridized carbons (Fsp3) is 0.300. The average Bonchev–Trinajstić information content (AvgIpc) is 3.11. The number of alkyl halides is 3. The lowest BCUT2D eigenvalue weighted by Gasteiger charge is -2.04. The van der Waals surface area contributed by atoms with E-state index in [4.69, 9.17) is 0 Å². The highest BCUT2D eigenvalue weighted by molar-refractivity contribution is 7.93. The van der Waals surface area contributed by atoms with Gasteiger partial charge < -0.3 is 9.08 Å². The summed E-state index contributed by atoms with van der Waals surface area (Å²) < 4.78 is 89.1. The van der Waals surface area contributed by atoms with Crippen molar-refractivity contribution in [3.05, 3.63) is 24.0 Å². The summed E-state index contributed by atoms with van der Waals surface area (Å²) in [5.41, 5.74) is 0. The van der Waals surface area contributed by atoms with E-state index in [1.807, 2.05) is 0 Å². The summed E-state index contributed by atoms with van der Waals surface area (Å²) in [4.78, 5) is 6.84. The maximum absolute atomic E-state index is 12.6. The van der Waals surface area contributed by atoms with E-state index in [9.17, 15) is 30.9 Å². The van der Waals surface area contributed by atoms with Crippen LogP contribution in [0.3, 0.4) is 0 Å². The molecule has 2 aromatic heterocycles. The van der Waals surface area contributed by atoms with Gasteiger partial charge in [0, 0.05) is 11.2 Å². The predicted molar refractivity (Wildman–Crippen MR) is 66.7 cm³/mol. The maximum Gasteiger partial charge on any atom is 0.471 e. The summed E-state index contributed by atoms with van der Waals surface area (Å²) >= 11 is -1.20. The lowest BCUT2D eigenvalue weighted by atomic mass is 10.4. The highest BCUT2D eigenvalue weighted by atomic mass is 32.2. The van der Waals surface area contributed by atoms with Gasteiger partial charge in [0.1, 0.15) is 10.6 Å². The lowest BCUT2D eigenvalue weighted by molar-refractivity contribution is -0.159. The van der Waals surface area contributed by atoms with E-state index >= 15 is 0 Å². The Balaban J connectivity index is 2.08. The van der Waals surface area contributed by atoms with E-state index in [0.29, 0.717) is 11.3 Å². The summed E-state index contributed by atoms with van der Waals surface area (Å²) in [6.07, 6.45) is -6.98. The van der Waals surface area contributed by atoms with Crippen LogP contribution in [0.4, 0.5) is 26.3 Å². The SMILES string of the molecule is [O-][S+](CCC(F)=C(F)F)c1ncc(-c2noc(C(F)(F)F)n2)s1. The molecule has 1 atom stereocenters. The Labute approximate surface area is 131 Å². The minimum atomic E-state index is -4.80. The number of hydrogen-bond acceptors (Lipinski definition) is 6. The molecule has 0 aromatic carbocycles. The molecule has 1 unspecified atom stereocenters. The normalized spacial score (nSPS) is 13.2. The number of nitrogens with zero attached hydrogens (tertiary/aromatic N) is 3. The van der Waals surface area contributed by atoms with Crippen LogP contribution in [0, 0.1) is 0 Å². The number of allylic oxidation sites excluding steroid dienone is 1. The summed E-state index contributed by atoms with van der Waals surface area (Å²) in [6.45, 7) is 0. The van der Waals surface area contributed by atoms with E-state index < -0.39 is 53.1 Å². The van der Waals surface area contributed by atoms with Crippen LogP contribution in [0.2, 0.25) is 0 Å². The zero-order valence-corrected chi connectivity index (χ0v) is 12.4. The minimum absolute atomic E-state index is 0.0419. The van der Waals surface area contributed by atoms with Gasteiger partial charge in [-0.15, -0.1) is 0 Å². The van der Waals surface area contributed by atoms with Crippen molar-refractivity contribution in [3.8, 4) is 10.7 Å². The molecule has 2 heterocycles. The van der Waals surface area contributed by atoms with Gasteiger partial charge in [0.15, 0.2) is 5.83 Å². The largest absolute Gasteiger partial charge is 0.610 e. The Morgan fingerprint density at radius 1 is 1.30 bits per heavy atom. The number of thiazole rings is 1. The number of hydrogen-bond donors (Lipinski definition) is 0. The van der Waals surface area contributed by atoms with E-state index in [0.717, 1.165) is 6.20 Å². The first-order chi connectivity index (χ1) is 10.7. The second-order valence-electron chi connectivity index (χ2n) is 3.88. The van der Waals surface area contributed by atoms with Crippen LogP contribution >= 0.6 is 11.3 Å². The molecule has 0 aliphatic carbocycles. The molecule has 13 heteroatoms. The third kappa shape index (κ3) is 4.45. The Morgan fingerprint density at radius 3 is 2.57 bits per heavy atom. The summed E-state index contributed by atoms with van der Waals surface area (Å²) in [5, 5.41) is 3.12. The molecule has 23 heavy (non-hydrogen) atoms. The van der Waals surface area contributed by atoms with Crippen molar-refractivity contribution >= 4 is 22.5 Å². The Kier molecular flexibility index (Phi) is 5.31. The molecule has 0 spiro atoms. The van der Waals surface area contributed by atoms with Crippen molar-refractivity contribution in [1.82, 2.24) is 15.1 Å². The van der Waals surface area contributed by atoms with Crippen molar-refractivity contribution in [2.75, 3.05) is 5.75 Å². The lowest BCUT2D eigenvalue weighted by Crippen LogP contribution is -2.06. The highest BCUT2D eigenvalue weighted by Crippen LogP contribution is 2.32. The van der Waals surface area contributed by atoms with Crippen molar-refractivity contribution in [2.24, 2.45) is 0 Å². The summed E-state index contributed by atoms with van der Waals surface area (Å²) in [7, 11) is 0. The first-order valence-corrected chi connectivity index (χ1v) is 7.77. The first kappa shape index (κ1) is 17.7. The minimum Gasteiger partial charge on any atom is -0.610 e. The van der Waals surface area contributed by atoms with Gasteiger partial charge in [-0.25, -0.2) is 4.39 Å². The summed E-state index contributed by atoms with van der Waals surface area (Å²) in [5.74, 6) is -4.08. The maximum atomic E-state index is 12.6. The monoisotopic (exact) mass is 377 g/mol. The molecule has 0 saturated heterocycles. The van der Waals surface area contributed by atoms with E-state index in [-0.39, 0.29) is 9.22 Å². The molecule has 2 aromatic rings. The quantitative estimate of drug-likeness (QED) is 0.586. The van der Waals surface area contributed by atoms with Crippen molar-refractivity contribution in [3.63, 3.8) is 0 Å². The molecule has 0 bridgehead atoms. The number of halogens is 6. The van der Waals surface area contributed by atoms with Crippen LogP contribution < -0.4 is 0 Å². The molecular weight excluding hydrogens is 372 g/mol. The van der Waals surface area contributed by atoms with Crippen molar-refractivity contribution in [1.29, 1.82) is 0 Å². The van der Waals surface area contributed by atoms with Crippen molar-refractivity contribution < 1.29 is 35.4 Å². The zero-order chi connectivity index (χ0) is 17.2. The van der Waals surface area contributed by atoms with Crippen LogP contribution in [0.15, 0.2) is 27.0 Å². The molecule has 0 aliphatic rings. The Morgan fingerprint density at radius 2 is 2.00 bits per heavy atom. The van der Waals surface area contributed by atoms with E-state index in [2.05, 4.69) is 19.6 Å². The smallest absolute Gasteiger partial charge is 0.471 e. The molecular formula is C10H5F6N3O2S2. The topological polar surface area (TPSA) is 74.9 Å². The third-order valence-corrected chi connectivity index (χ3v) is 4.95. The molecule has 0 amide bonds. The van der Waals surface area contributed by atoms with Gasteiger partial charge >= 0.3 is 22.5 Å². The van der Waals surface area contributed by atoms with Gasteiger partial charge in [-0.1, -0.05) is 16.5 Å².